The minimum absolute atomic E-state index is 0.197. The SMILES string of the molecule is CC(C)=CCC/C(C)=C/COC(=O)c1cc(F)ccc1Br. The molecule has 0 bridgehead atoms. The molecule has 0 aliphatic heterocycles. The summed E-state index contributed by atoms with van der Waals surface area (Å²) in [6.45, 7) is 6.34. The summed E-state index contributed by atoms with van der Waals surface area (Å²) in [5.74, 6) is -0.992. The maximum atomic E-state index is 13.1. The Labute approximate surface area is 133 Å². The van der Waals surface area contributed by atoms with E-state index in [0.29, 0.717) is 4.47 Å². The van der Waals surface area contributed by atoms with E-state index in [9.17, 15) is 9.18 Å². The van der Waals surface area contributed by atoms with Gasteiger partial charge in [0.25, 0.3) is 0 Å². The number of carbonyl (C=O) groups excluding carboxylic acids is 1. The lowest BCUT2D eigenvalue weighted by atomic mass is 10.1. The highest BCUT2D eigenvalue weighted by Gasteiger charge is 2.11. The topological polar surface area (TPSA) is 26.3 Å². The summed E-state index contributed by atoms with van der Waals surface area (Å²) in [6.07, 6.45) is 5.97. The molecule has 0 fully saturated rings. The molecule has 0 saturated heterocycles. The number of hydrogen-bond donors (Lipinski definition) is 0. The van der Waals surface area contributed by atoms with Crippen molar-refractivity contribution in [1.29, 1.82) is 0 Å². The van der Waals surface area contributed by atoms with Crippen LogP contribution in [0.25, 0.3) is 0 Å². The van der Waals surface area contributed by atoms with E-state index in [1.54, 1.807) is 0 Å². The number of carbonyl (C=O) groups is 1. The number of benzene rings is 1. The Morgan fingerprint density at radius 3 is 2.67 bits per heavy atom. The first-order valence-corrected chi connectivity index (χ1v) is 7.60. The fourth-order valence-electron chi connectivity index (χ4n) is 1.68. The molecule has 4 heteroatoms. The van der Waals surface area contributed by atoms with Gasteiger partial charge in [-0.2, -0.15) is 0 Å². The third-order valence-electron chi connectivity index (χ3n) is 2.89. The van der Waals surface area contributed by atoms with Crippen LogP contribution < -0.4 is 0 Å². The average Bonchev–Trinajstić information content (AvgIpc) is 2.41. The molecule has 0 aromatic heterocycles. The van der Waals surface area contributed by atoms with Crippen molar-refractivity contribution in [3.63, 3.8) is 0 Å². The number of allylic oxidation sites excluding steroid dienone is 3. The van der Waals surface area contributed by atoms with Gasteiger partial charge in [0.05, 0.1) is 5.56 Å². The van der Waals surface area contributed by atoms with Crippen LogP contribution >= 0.6 is 15.9 Å². The molecular weight excluding hydrogens is 335 g/mol. The van der Waals surface area contributed by atoms with Gasteiger partial charge in [-0.3, -0.25) is 0 Å². The Hall–Kier alpha value is -1.42. The Kier molecular flexibility index (Phi) is 7.37. The zero-order chi connectivity index (χ0) is 15.8. The second-order valence-corrected chi connectivity index (χ2v) is 5.95. The summed E-state index contributed by atoms with van der Waals surface area (Å²) in [5.41, 5.74) is 2.66. The van der Waals surface area contributed by atoms with E-state index < -0.39 is 11.8 Å². The first-order valence-electron chi connectivity index (χ1n) is 6.81. The Balaban J connectivity index is 2.49. The molecule has 0 saturated carbocycles. The van der Waals surface area contributed by atoms with E-state index in [4.69, 9.17) is 4.74 Å². The van der Waals surface area contributed by atoms with E-state index in [1.165, 1.54) is 23.3 Å². The quantitative estimate of drug-likeness (QED) is 0.502. The number of hydrogen-bond acceptors (Lipinski definition) is 2. The van der Waals surface area contributed by atoms with E-state index in [0.717, 1.165) is 18.9 Å². The molecule has 0 N–H and O–H groups in total. The summed E-state index contributed by atoms with van der Waals surface area (Å²) < 4.78 is 18.8. The van der Waals surface area contributed by atoms with Crippen LogP contribution in [0.1, 0.15) is 44.0 Å². The van der Waals surface area contributed by atoms with E-state index >= 15 is 0 Å². The predicted octanol–water partition coefficient (Wildman–Crippen LogP) is 5.44. The second kappa shape index (κ2) is 8.78. The number of esters is 1. The minimum Gasteiger partial charge on any atom is -0.458 e. The van der Waals surface area contributed by atoms with Gasteiger partial charge in [-0.25, -0.2) is 9.18 Å². The van der Waals surface area contributed by atoms with Crippen molar-refractivity contribution in [3.8, 4) is 0 Å². The van der Waals surface area contributed by atoms with Gasteiger partial charge in [0.15, 0.2) is 0 Å². The van der Waals surface area contributed by atoms with Gasteiger partial charge in [-0.15, -0.1) is 0 Å². The van der Waals surface area contributed by atoms with Crippen LogP contribution in [0.2, 0.25) is 0 Å². The molecule has 1 aromatic rings. The van der Waals surface area contributed by atoms with Crippen molar-refractivity contribution in [2.75, 3.05) is 6.61 Å². The predicted molar refractivity (Wildman–Crippen MR) is 86.8 cm³/mol. The molecule has 0 atom stereocenters. The highest BCUT2D eigenvalue weighted by atomic mass is 79.9. The van der Waals surface area contributed by atoms with E-state index in [2.05, 4.69) is 35.9 Å². The molecule has 0 aliphatic rings. The van der Waals surface area contributed by atoms with Crippen molar-refractivity contribution in [1.82, 2.24) is 0 Å². The van der Waals surface area contributed by atoms with Crippen LogP contribution in [-0.4, -0.2) is 12.6 Å². The highest BCUT2D eigenvalue weighted by molar-refractivity contribution is 9.10. The second-order valence-electron chi connectivity index (χ2n) is 5.09. The van der Waals surface area contributed by atoms with E-state index in [-0.39, 0.29) is 12.2 Å². The normalized spacial score (nSPS) is 11.2. The van der Waals surface area contributed by atoms with Gasteiger partial charge >= 0.3 is 5.97 Å². The molecular formula is C17H20BrFO2. The molecule has 0 amide bonds. The minimum atomic E-state index is -0.533. The third-order valence-corrected chi connectivity index (χ3v) is 3.58. The highest BCUT2D eigenvalue weighted by Crippen LogP contribution is 2.18. The molecule has 1 aromatic carbocycles. The Morgan fingerprint density at radius 1 is 1.29 bits per heavy atom. The van der Waals surface area contributed by atoms with Crippen molar-refractivity contribution in [3.05, 3.63) is 57.4 Å². The fraction of sp³-hybridized carbons (Fsp3) is 0.353. The molecule has 114 valence electrons. The number of halogens is 2. The standard InChI is InChI=1S/C17H20BrFO2/c1-12(2)5-4-6-13(3)9-10-21-17(20)15-11-14(19)7-8-16(15)18/h5,7-9,11H,4,6,10H2,1-3H3/b13-9+. The Bertz CT molecular complexity index is 558. The number of rotatable bonds is 6. The monoisotopic (exact) mass is 354 g/mol. The summed E-state index contributed by atoms with van der Waals surface area (Å²) in [4.78, 5) is 11.8. The van der Waals surface area contributed by atoms with Crippen LogP contribution in [0.3, 0.4) is 0 Å². The van der Waals surface area contributed by atoms with Gasteiger partial charge < -0.3 is 4.74 Å². The summed E-state index contributed by atoms with van der Waals surface area (Å²) in [6, 6.07) is 3.94. The fourth-order valence-corrected chi connectivity index (χ4v) is 2.09. The van der Waals surface area contributed by atoms with Gasteiger partial charge in [0.1, 0.15) is 12.4 Å². The van der Waals surface area contributed by atoms with Crippen LogP contribution in [0.4, 0.5) is 4.39 Å². The van der Waals surface area contributed by atoms with Crippen molar-refractivity contribution >= 4 is 21.9 Å². The first-order chi connectivity index (χ1) is 9.90. The zero-order valence-electron chi connectivity index (χ0n) is 12.6. The van der Waals surface area contributed by atoms with Crippen molar-refractivity contribution < 1.29 is 13.9 Å². The summed E-state index contributed by atoms with van der Waals surface area (Å²) >= 11 is 3.21. The zero-order valence-corrected chi connectivity index (χ0v) is 14.2. The summed E-state index contributed by atoms with van der Waals surface area (Å²) in [5, 5.41) is 0. The van der Waals surface area contributed by atoms with Crippen LogP contribution in [0.5, 0.6) is 0 Å². The lowest BCUT2D eigenvalue weighted by molar-refractivity contribution is 0.0547. The van der Waals surface area contributed by atoms with Crippen LogP contribution in [0.15, 0.2) is 46.0 Å². The molecule has 0 heterocycles. The van der Waals surface area contributed by atoms with E-state index in [1.807, 2.05) is 13.0 Å². The van der Waals surface area contributed by atoms with Gasteiger partial charge in [0, 0.05) is 4.47 Å². The van der Waals surface area contributed by atoms with Crippen LogP contribution in [0, 0.1) is 5.82 Å². The maximum Gasteiger partial charge on any atom is 0.339 e. The molecule has 1 rings (SSSR count). The molecule has 2 nitrogen and oxygen atoms in total. The molecule has 0 unspecified atom stereocenters. The smallest absolute Gasteiger partial charge is 0.339 e. The third kappa shape index (κ3) is 6.71. The Morgan fingerprint density at radius 2 is 2.00 bits per heavy atom. The lowest BCUT2D eigenvalue weighted by Crippen LogP contribution is -2.06. The summed E-state index contributed by atoms with van der Waals surface area (Å²) in [7, 11) is 0. The first kappa shape index (κ1) is 17.6. The molecule has 0 spiro atoms. The molecule has 0 aliphatic carbocycles. The lowest BCUT2D eigenvalue weighted by Gasteiger charge is -2.05. The molecule has 0 radical (unpaired) electrons. The number of ether oxygens (including phenoxy) is 1. The van der Waals surface area contributed by atoms with Gasteiger partial charge in [-0.1, -0.05) is 17.2 Å². The largest absolute Gasteiger partial charge is 0.458 e. The molecule has 21 heavy (non-hydrogen) atoms. The van der Waals surface area contributed by atoms with Crippen molar-refractivity contribution in [2.24, 2.45) is 0 Å². The van der Waals surface area contributed by atoms with Crippen LogP contribution in [-0.2, 0) is 4.74 Å². The van der Waals surface area contributed by atoms with Gasteiger partial charge in [0.2, 0.25) is 0 Å². The van der Waals surface area contributed by atoms with Crippen molar-refractivity contribution in [2.45, 2.75) is 33.6 Å². The average molecular weight is 355 g/mol. The maximum absolute atomic E-state index is 13.1. The van der Waals surface area contributed by atoms with Gasteiger partial charge in [-0.05, 0) is 73.8 Å².